The Labute approximate surface area is 119 Å². The zero-order valence-electron chi connectivity index (χ0n) is 12.5. The SMILES string of the molecule is CNC(=O)Oc1ccc2c(c1)[C@]1(C)CC[NH+](C)[C@@H]1[NH+]2C. The zero-order chi connectivity index (χ0) is 14.5. The summed E-state index contributed by atoms with van der Waals surface area (Å²) in [6, 6.07) is 6.03. The van der Waals surface area contributed by atoms with Gasteiger partial charge in [-0.3, -0.25) is 9.80 Å². The number of ether oxygens (including phenoxy) is 1. The lowest BCUT2D eigenvalue weighted by atomic mass is 9.81. The predicted molar refractivity (Wildman–Crippen MR) is 75.6 cm³/mol. The number of benzene rings is 1. The van der Waals surface area contributed by atoms with Crippen LogP contribution in [0.15, 0.2) is 18.2 Å². The first-order chi connectivity index (χ1) is 9.47. The molecule has 0 saturated carbocycles. The van der Waals surface area contributed by atoms with E-state index in [1.54, 1.807) is 11.9 Å². The Kier molecular flexibility index (Phi) is 2.99. The maximum absolute atomic E-state index is 11.4. The molecule has 1 aromatic carbocycles. The number of carbonyl (C=O) groups is 1. The largest absolute Gasteiger partial charge is 0.412 e. The Balaban J connectivity index is 2.00. The van der Waals surface area contributed by atoms with Crippen molar-refractivity contribution in [2.75, 3.05) is 27.7 Å². The summed E-state index contributed by atoms with van der Waals surface area (Å²) in [6.45, 7) is 3.53. The van der Waals surface area contributed by atoms with Crippen molar-refractivity contribution in [2.24, 2.45) is 0 Å². The summed E-state index contributed by atoms with van der Waals surface area (Å²) >= 11 is 0. The molecule has 2 heterocycles. The third-order valence-electron chi connectivity index (χ3n) is 5.05. The highest BCUT2D eigenvalue weighted by Crippen LogP contribution is 2.40. The van der Waals surface area contributed by atoms with Crippen LogP contribution >= 0.6 is 0 Å². The first-order valence-electron chi connectivity index (χ1n) is 7.17. The van der Waals surface area contributed by atoms with Gasteiger partial charge in [0, 0.05) is 25.1 Å². The molecule has 3 N–H and O–H groups in total. The lowest BCUT2D eigenvalue weighted by molar-refractivity contribution is -1.07. The Hall–Kier alpha value is -1.59. The van der Waals surface area contributed by atoms with Gasteiger partial charge in [0.05, 0.1) is 20.6 Å². The Morgan fingerprint density at radius 2 is 2.20 bits per heavy atom. The Morgan fingerprint density at radius 1 is 1.45 bits per heavy atom. The van der Waals surface area contributed by atoms with E-state index in [1.165, 1.54) is 29.1 Å². The first-order valence-corrected chi connectivity index (χ1v) is 7.17. The van der Waals surface area contributed by atoms with Gasteiger partial charge in [-0.15, -0.1) is 0 Å². The molecule has 2 unspecified atom stereocenters. The van der Waals surface area contributed by atoms with Crippen molar-refractivity contribution < 1.29 is 19.3 Å². The molecule has 0 spiro atoms. The van der Waals surface area contributed by atoms with Gasteiger partial charge >= 0.3 is 6.09 Å². The number of carbonyl (C=O) groups excluding carboxylic acids is 1. The number of hydrogen-bond donors (Lipinski definition) is 3. The minimum absolute atomic E-state index is 0.172. The molecular formula is C15H23N3O2+2. The third kappa shape index (κ3) is 1.73. The molecule has 1 fully saturated rings. The lowest BCUT2D eigenvalue weighted by Crippen LogP contribution is -3.30. The maximum Gasteiger partial charge on any atom is 0.412 e. The van der Waals surface area contributed by atoms with Gasteiger partial charge in [0.15, 0.2) is 0 Å². The van der Waals surface area contributed by atoms with E-state index in [2.05, 4.69) is 32.4 Å². The second kappa shape index (κ2) is 4.46. The molecule has 0 aliphatic carbocycles. The summed E-state index contributed by atoms with van der Waals surface area (Å²) in [6.07, 6.45) is 1.31. The van der Waals surface area contributed by atoms with Gasteiger partial charge in [-0.25, -0.2) is 4.79 Å². The zero-order valence-corrected chi connectivity index (χ0v) is 12.5. The molecule has 1 aromatic rings. The maximum atomic E-state index is 11.4. The standard InChI is InChI=1S/C15H21N3O2/c1-15-7-8-17(3)13(15)18(4)12-6-5-10(9-11(12)15)20-14(19)16-2/h5-6,9,13H,7-8H2,1-4H3,(H,16,19)/p+2/t13-,15+/m1/s1. The third-order valence-corrected chi connectivity index (χ3v) is 5.05. The number of fused-ring (bicyclic) bond motifs is 3. The summed E-state index contributed by atoms with van der Waals surface area (Å²) < 4.78 is 5.28. The average Bonchev–Trinajstić information content (AvgIpc) is 2.85. The second-order valence-electron chi connectivity index (χ2n) is 6.23. The van der Waals surface area contributed by atoms with E-state index in [0.717, 1.165) is 0 Å². The Morgan fingerprint density at radius 3 is 2.90 bits per heavy atom. The minimum Gasteiger partial charge on any atom is -0.410 e. The van der Waals surface area contributed by atoms with Crippen molar-refractivity contribution in [1.29, 1.82) is 0 Å². The van der Waals surface area contributed by atoms with Crippen molar-refractivity contribution in [2.45, 2.75) is 24.9 Å². The van der Waals surface area contributed by atoms with Crippen molar-refractivity contribution in [1.82, 2.24) is 5.32 Å². The molecule has 1 saturated heterocycles. The summed E-state index contributed by atoms with van der Waals surface area (Å²) in [7, 11) is 6.08. The van der Waals surface area contributed by atoms with Crippen LogP contribution in [-0.2, 0) is 5.41 Å². The number of nitrogens with one attached hydrogen (secondary N) is 3. The van der Waals surface area contributed by atoms with Crippen LogP contribution in [-0.4, -0.2) is 39.9 Å². The number of likely N-dealkylation sites (tertiary alicyclic amines) is 1. The lowest BCUT2D eigenvalue weighted by Gasteiger charge is -2.24. The highest BCUT2D eigenvalue weighted by Gasteiger charge is 2.59. The molecule has 5 nitrogen and oxygen atoms in total. The molecule has 108 valence electrons. The van der Waals surface area contributed by atoms with Crippen molar-refractivity contribution >= 4 is 11.8 Å². The van der Waals surface area contributed by atoms with E-state index in [-0.39, 0.29) is 5.41 Å². The molecule has 3 rings (SSSR count). The van der Waals surface area contributed by atoms with Crippen LogP contribution in [0.25, 0.3) is 0 Å². The van der Waals surface area contributed by atoms with E-state index in [1.807, 2.05) is 12.1 Å². The second-order valence-corrected chi connectivity index (χ2v) is 6.23. The monoisotopic (exact) mass is 277 g/mol. The van der Waals surface area contributed by atoms with Gasteiger partial charge in [-0.1, -0.05) is 0 Å². The van der Waals surface area contributed by atoms with E-state index in [9.17, 15) is 4.79 Å². The number of rotatable bonds is 1. The molecular weight excluding hydrogens is 254 g/mol. The summed E-state index contributed by atoms with van der Waals surface area (Å²) in [5.74, 6) is 0.627. The van der Waals surface area contributed by atoms with E-state index >= 15 is 0 Å². The van der Waals surface area contributed by atoms with Crippen LogP contribution in [0.5, 0.6) is 5.75 Å². The number of hydrogen-bond acceptors (Lipinski definition) is 2. The first kappa shape index (κ1) is 13.4. The van der Waals surface area contributed by atoms with Crippen molar-refractivity contribution in [3.8, 4) is 5.75 Å². The fraction of sp³-hybridized carbons (Fsp3) is 0.533. The van der Waals surface area contributed by atoms with Crippen molar-refractivity contribution in [3.63, 3.8) is 0 Å². The predicted octanol–water partition coefficient (Wildman–Crippen LogP) is -0.933. The van der Waals surface area contributed by atoms with Crippen LogP contribution in [0.1, 0.15) is 18.9 Å². The fourth-order valence-corrected chi connectivity index (χ4v) is 4.14. The van der Waals surface area contributed by atoms with Crippen LogP contribution in [0.3, 0.4) is 0 Å². The molecule has 2 aliphatic rings. The topological polar surface area (TPSA) is 47.2 Å². The fourth-order valence-electron chi connectivity index (χ4n) is 4.14. The van der Waals surface area contributed by atoms with Gasteiger partial charge in [0.2, 0.25) is 6.17 Å². The minimum atomic E-state index is -0.417. The highest BCUT2D eigenvalue weighted by atomic mass is 16.5. The molecule has 4 atom stereocenters. The summed E-state index contributed by atoms with van der Waals surface area (Å²) in [5, 5.41) is 2.48. The summed E-state index contributed by atoms with van der Waals surface area (Å²) in [4.78, 5) is 14.4. The van der Waals surface area contributed by atoms with E-state index in [4.69, 9.17) is 4.74 Å². The van der Waals surface area contributed by atoms with Crippen LogP contribution in [0.2, 0.25) is 0 Å². The van der Waals surface area contributed by atoms with Gasteiger partial charge in [0.1, 0.15) is 16.9 Å². The van der Waals surface area contributed by atoms with Gasteiger partial charge in [0.25, 0.3) is 0 Å². The smallest absolute Gasteiger partial charge is 0.410 e. The normalized spacial score (nSPS) is 34.5. The van der Waals surface area contributed by atoms with E-state index in [0.29, 0.717) is 11.9 Å². The summed E-state index contributed by atoms with van der Waals surface area (Å²) in [5.41, 5.74) is 2.84. The van der Waals surface area contributed by atoms with Crippen molar-refractivity contribution in [3.05, 3.63) is 23.8 Å². The molecule has 20 heavy (non-hydrogen) atoms. The number of amides is 1. The number of quaternary nitrogens is 2. The van der Waals surface area contributed by atoms with Crippen LogP contribution in [0.4, 0.5) is 10.5 Å². The molecule has 0 bridgehead atoms. The average molecular weight is 277 g/mol. The van der Waals surface area contributed by atoms with Gasteiger partial charge in [-0.2, -0.15) is 0 Å². The Bertz CT molecular complexity index is 560. The number of likely N-dealkylation sites (N-methyl/N-ethyl adjacent to an activating group) is 2. The van der Waals surface area contributed by atoms with E-state index < -0.39 is 6.09 Å². The highest BCUT2D eigenvalue weighted by molar-refractivity contribution is 5.70. The van der Waals surface area contributed by atoms with Gasteiger partial charge < -0.3 is 10.1 Å². The molecule has 1 amide bonds. The van der Waals surface area contributed by atoms with Gasteiger partial charge in [-0.05, 0) is 19.1 Å². The van der Waals surface area contributed by atoms with Crippen LogP contribution < -0.4 is 19.9 Å². The molecule has 2 aliphatic heterocycles. The van der Waals surface area contributed by atoms with Crippen LogP contribution in [0, 0.1) is 0 Å². The molecule has 0 aromatic heterocycles. The molecule has 5 heteroatoms. The quantitative estimate of drug-likeness (QED) is 0.621. The molecule has 0 radical (unpaired) electrons.